The molecular weight excluding hydrogens is 689 g/mol. The zero-order valence-electron chi connectivity index (χ0n) is 37.2. The van der Waals surface area contributed by atoms with E-state index in [-0.39, 0.29) is 25.2 Å². The fourth-order valence-corrected chi connectivity index (χ4v) is 7.12. The topological polar surface area (TPSA) is 93.1 Å². The number of carbonyl (C=O) groups is 2. The SMILES string of the molecule is CCCCCCCC/C=C\CCCCCCCC(=O)OC(C[N+](C)(C)CCO)C(C[N+](C)(C)CCO)OC(=O)CCCCCC/C=C\CCCCCCCC. The number of carbonyl (C=O) groups excluding carboxylic acids is 2. The van der Waals surface area contributed by atoms with Gasteiger partial charge in [0.25, 0.3) is 0 Å². The smallest absolute Gasteiger partial charge is 0.306 e. The first kappa shape index (κ1) is 53.3. The second kappa shape index (κ2) is 36.6. The summed E-state index contributed by atoms with van der Waals surface area (Å²) >= 11 is 0. The Labute approximate surface area is 340 Å². The summed E-state index contributed by atoms with van der Waals surface area (Å²) in [4.78, 5) is 26.5. The summed E-state index contributed by atoms with van der Waals surface area (Å²) in [7, 11) is 7.99. The van der Waals surface area contributed by atoms with Gasteiger partial charge in [-0.15, -0.1) is 0 Å². The van der Waals surface area contributed by atoms with E-state index in [1.165, 1.54) is 96.3 Å². The third kappa shape index (κ3) is 35.2. The molecule has 2 atom stereocenters. The Morgan fingerprint density at radius 1 is 0.455 bits per heavy atom. The minimum absolute atomic E-state index is 0.00784. The van der Waals surface area contributed by atoms with Gasteiger partial charge in [-0.05, 0) is 64.2 Å². The van der Waals surface area contributed by atoms with Gasteiger partial charge in [0.15, 0.2) is 12.2 Å². The van der Waals surface area contributed by atoms with Crippen molar-refractivity contribution in [2.24, 2.45) is 0 Å². The largest absolute Gasteiger partial charge is 0.452 e. The minimum Gasteiger partial charge on any atom is -0.452 e. The fourth-order valence-electron chi connectivity index (χ4n) is 7.12. The molecule has 0 radical (unpaired) electrons. The van der Waals surface area contributed by atoms with Crippen molar-refractivity contribution in [3.8, 4) is 0 Å². The first-order valence-corrected chi connectivity index (χ1v) is 23.0. The van der Waals surface area contributed by atoms with Crippen LogP contribution < -0.4 is 0 Å². The molecule has 0 aromatic carbocycles. The zero-order chi connectivity index (χ0) is 40.9. The minimum atomic E-state index is -0.653. The number of quaternary nitrogens is 2. The lowest BCUT2D eigenvalue weighted by Crippen LogP contribution is -2.57. The number of hydrogen-bond acceptors (Lipinski definition) is 6. The van der Waals surface area contributed by atoms with Gasteiger partial charge in [-0.25, -0.2) is 0 Å². The molecule has 0 aliphatic carbocycles. The van der Waals surface area contributed by atoms with Crippen LogP contribution in [0, 0.1) is 0 Å². The summed E-state index contributed by atoms with van der Waals surface area (Å²) in [5, 5.41) is 19.5. The van der Waals surface area contributed by atoms with E-state index in [2.05, 4.69) is 38.2 Å². The molecule has 8 heteroatoms. The van der Waals surface area contributed by atoms with Crippen molar-refractivity contribution in [2.75, 3.05) is 67.6 Å². The van der Waals surface area contributed by atoms with Crippen LogP contribution >= 0.6 is 0 Å². The van der Waals surface area contributed by atoms with Gasteiger partial charge in [0.1, 0.15) is 26.2 Å². The number of allylic oxidation sites excluding steroid dienone is 4. The predicted molar refractivity (Wildman–Crippen MR) is 232 cm³/mol. The Bertz CT molecular complexity index is 950. The lowest BCUT2D eigenvalue weighted by atomic mass is 10.1. The van der Waals surface area contributed by atoms with E-state index in [0.29, 0.717) is 48.0 Å². The van der Waals surface area contributed by atoms with Crippen molar-refractivity contribution in [1.29, 1.82) is 0 Å². The number of esters is 2. The van der Waals surface area contributed by atoms with E-state index >= 15 is 0 Å². The van der Waals surface area contributed by atoms with Crippen LogP contribution in [0.1, 0.15) is 187 Å². The highest BCUT2D eigenvalue weighted by atomic mass is 16.6. The molecule has 324 valence electrons. The molecular formula is C47H92N2O6+2. The second-order valence-corrected chi connectivity index (χ2v) is 17.5. The summed E-state index contributed by atoms with van der Waals surface area (Å²) in [6.07, 6.45) is 38.5. The van der Waals surface area contributed by atoms with Crippen molar-refractivity contribution in [3.63, 3.8) is 0 Å². The third-order valence-corrected chi connectivity index (χ3v) is 10.8. The van der Waals surface area contributed by atoms with Crippen LogP contribution in [0.3, 0.4) is 0 Å². The van der Waals surface area contributed by atoms with Crippen molar-refractivity contribution in [3.05, 3.63) is 24.3 Å². The zero-order valence-corrected chi connectivity index (χ0v) is 37.2. The van der Waals surface area contributed by atoms with Gasteiger partial charge >= 0.3 is 11.9 Å². The molecule has 0 aromatic heterocycles. The molecule has 2 N–H and O–H groups in total. The number of unbranched alkanes of at least 4 members (excludes halogenated alkanes) is 21. The quantitative estimate of drug-likeness (QED) is 0.0278. The Balaban J connectivity index is 4.91. The molecule has 0 bridgehead atoms. The molecule has 0 saturated heterocycles. The summed E-state index contributed by atoms with van der Waals surface area (Å²) < 4.78 is 13.2. The maximum atomic E-state index is 13.3. The lowest BCUT2D eigenvalue weighted by Gasteiger charge is -2.38. The van der Waals surface area contributed by atoms with Crippen LogP contribution in [0.5, 0.6) is 0 Å². The number of aliphatic hydroxyl groups excluding tert-OH is 2. The van der Waals surface area contributed by atoms with E-state index < -0.39 is 12.2 Å². The first-order chi connectivity index (χ1) is 26.5. The molecule has 0 aromatic rings. The van der Waals surface area contributed by atoms with Gasteiger partial charge < -0.3 is 28.7 Å². The maximum Gasteiger partial charge on any atom is 0.306 e. The number of likely N-dealkylation sites (N-methyl/N-ethyl adjacent to an activating group) is 2. The Hall–Kier alpha value is -1.74. The van der Waals surface area contributed by atoms with Crippen molar-refractivity contribution in [1.82, 2.24) is 0 Å². The summed E-state index contributed by atoms with van der Waals surface area (Å²) in [6.45, 7) is 6.35. The van der Waals surface area contributed by atoms with Gasteiger partial charge in [-0.1, -0.05) is 134 Å². The van der Waals surface area contributed by atoms with Crippen LogP contribution in [0.15, 0.2) is 24.3 Å². The Kier molecular flexibility index (Phi) is 35.4. The van der Waals surface area contributed by atoms with Gasteiger partial charge in [0, 0.05) is 12.8 Å². The predicted octanol–water partition coefficient (Wildman–Crippen LogP) is 10.6. The molecule has 0 amide bonds. The van der Waals surface area contributed by atoms with Crippen molar-refractivity contribution < 1.29 is 38.2 Å². The van der Waals surface area contributed by atoms with E-state index in [1.54, 1.807) is 0 Å². The molecule has 2 unspecified atom stereocenters. The van der Waals surface area contributed by atoms with E-state index in [1.807, 2.05) is 28.2 Å². The average molecular weight is 781 g/mol. The molecule has 0 spiro atoms. The van der Waals surface area contributed by atoms with E-state index in [0.717, 1.165) is 64.2 Å². The van der Waals surface area contributed by atoms with Crippen LogP contribution in [0.25, 0.3) is 0 Å². The third-order valence-electron chi connectivity index (χ3n) is 10.8. The highest BCUT2D eigenvalue weighted by Crippen LogP contribution is 2.19. The van der Waals surface area contributed by atoms with Gasteiger partial charge in [-0.2, -0.15) is 0 Å². The van der Waals surface area contributed by atoms with Crippen LogP contribution in [0.2, 0.25) is 0 Å². The maximum absolute atomic E-state index is 13.3. The standard InChI is InChI=1S/C47H92N2O6/c1-7-9-11-13-15-17-19-21-23-25-27-29-31-33-35-37-47(53)55-45(43-49(5,6)39-41-51)44(42-48(3,4)38-40-50)54-46(52)36-34-32-30-28-26-24-22-20-18-16-14-12-10-8-2/h21-24,44-45,50-51H,7-20,25-43H2,1-6H3/q+2/b23-21-,24-22-. The van der Waals surface area contributed by atoms with Crippen LogP contribution in [-0.4, -0.2) is 111 Å². The average Bonchev–Trinajstić information content (AvgIpc) is 3.12. The number of nitrogens with zero attached hydrogens (tertiary/aromatic N) is 2. The molecule has 0 fully saturated rings. The normalized spacial score (nSPS) is 13.5. The van der Waals surface area contributed by atoms with Crippen LogP contribution in [-0.2, 0) is 19.1 Å². The number of ether oxygens (including phenoxy) is 2. The fraction of sp³-hybridized carbons (Fsp3) is 0.872. The molecule has 0 rings (SSSR count). The molecule has 55 heavy (non-hydrogen) atoms. The van der Waals surface area contributed by atoms with Gasteiger partial charge in [-0.3, -0.25) is 9.59 Å². The lowest BCUT2D eigenvalue weighted by molar-refractivity contribution is -0.901. The highest BCUT2D eigenvalue weighted by molar-refractivity contribution is 5.70. The van der Waals surface area contributed by atoms with Gasteiger partial charge in [0.05, 0.1) is 41.4 Å². The molecule has 0 heterocycles. The number of hydrogen-bond donors (Lipinski definition) is 2. The molecule has 0 aliphatic rings. The summed E-state index contributed by atoms with van der Waals surface area (Å²) in [6, 6.07) is 0. The molecule has 0 saturated carbocycles. The van der Waals surface area contributed by atoms with E-state index in [9.17, 15) is 19.8 Å². The number of aliphatic hydroxyl groups is 2. The van der Waals surface area contributed by atoms with Crippen molar-refractivity contribution >= 4 is 11.9 Å². The number of rotatable bonds is 40. The second-order valence-electron chi connectivity index (χ2n) is 17.5. The molecule has 0 aliphatic heterocycles. The first-order valence-electron chi connectivity index (χ1n) is 23.0. The van der Waals surface area contributed by atoms with Gasteiger partial charge in [0.2, 0.25) is 0 Å². The van der Waals surface area contributed by atoms with Crippen LogP contribution in [0.4, 0.5) is 0 Å². The molecule has 8 nitrogen and oxygen atoms in total. The van der Waals surface area contributed by atoms with Crippen molar-refractivity contribution in [2.45, 2.75) is 199 Å². The summed E-state index contributed by atoms with van der Waals surface area (Å²) in [5.74, 6) is -0.528. The highest BCUT2D eigenvalue weighted by Gasteiger charge is 2.38. The Morgan fingerprint density at radius 2 is 0.727 bits per heavy atom. The summed E-state index contributed by atoms with van der Waals surface area (Å²) in [5.41, 5.74) is 0. The van der Waals surface area contributed by atoms with E-state index in [4.69, 9.17) is 9.47 Å². The Morgan fingerprint density at radius 3 is 1.02 bits per heavy atom. The monoisotopic (exact) mass is 781 g/mol.